The highest BCUT2D eigenvalue weighted by Crippen LogP contribution is 2.21. The van der Waals surface area contributed by atoms with Gasteiger partial charge in [0.15, 0.2) is 0 Å². The lowest BCUT2D eigenvalue weighted by molar-refractivity contribution is -0.148. The van der Waals surface area contributed by atoms with Crippen molar-refractivity contribution in [2.45, 2.75) is 51.6 Å². The Labute approximate surface area is 123 Å². The Hall–Kier alpha value is -0.650. The lowest BCUT2D eigenvalue weighted by Crippen LogP contribution is -2.54. The van der Waals surface area contributed by atoms with Gasteiger partial charge in [0.25, 0.3) is 0 Å². The van der Waals surface area contributed by atoms with E-state index >= 15 is 0 Å². The molecule has 1 unspecified atom stereocenters. The summed E-state index contributed by atoms with van der Waals surface area (Å²) in [5.74, 6) is -0.180. The lowest BCUT2D eigenvalue weighted by atomic mass is 9.94. The van der Waals surface area contributed by atoms with Crippen molar-refractivity contribution in [3.05, 3.63) is 0 Å². The molecule has 0 aromatic carbocycles. The van der Waals surface area contributed by atoms with E-state index in [0.29, 0.717) is 0 Å². The third-order valence-corrected chi connectivity index (χ3v) is 4.12. The van der Waals surface area contributed by atoms with Crippen molar-refractivity contribution >= 4 is 5.97 Å². The Kier molecular flexibility index (Phi) is 6.43. The van der Waals surface area contributed by atoms with Crippen LogP contribution in [-0.2, 0) is 14.3 Å². The van der Waals surface area contributed by atoms with Crippen LogP contribution in [0.25, 0.3) is 0 Å². The third-order valence-electron chi connectivity index (χ3n) is 4.12. The van der Waals surface area contributed by atoms with Gasteiger partial charge >= 0.3 is 5.97 Å². The van der Waals surface area contributed by atoms with Crippen LogP contribution in [0.15, 0.2) is 0 Å². The van der Waals surface area contributed by atoms with Gasteiger partial charge in [-0.3, -0.25) is 9.69 Å². The molecule has 118 valence electrons. The molecule has 0 aromatic heterocycles. The summed E-state index contributed by atoms with van der Waals surface area (Å²) in [5.41, 5.74) is -0.502. The zero-order chi connectivity index (χ0) is 15.2. The van der Waals surface area contributed by atoms with E-state index in [2.05, 4.69) is 24.1 Å². The van der Waals surface area contributed by atoms with Crippen LogP contribution in [0.2, 0.25) is 0 Å². The molecule has 0 bridgehead atoms. The van der Waals surface area contributed by atoms with E-state index in [-0.39, 0.29) is 11.5 Å². The summed E-state index contributed by atoms with van der Waals surface area (Å²) in [6, 6.07) is 0. The van der Waals surface area contributed by atoms with Gasteiger partial charge in [0.2, 0.25) is 0 Å². The Bertz CT molecular complexity index is 320. The fourth-order valence-electron chi connectivity index (χ4n) is 2.81. The summed E-state index contributed by atoms with van der Waals surface area (Å²) in [6.45, 7) is 12.6. The van der Waals surface area contributed by atoms with Crippen molar-refractivity contribution in [2.75, 3.05) is 40.0 Å². The van der Waals surface area contributed by atoms with Gasteiger partial charge in [0.05, 0.1) is 20.3 Å². The fraction of sp³-hybridized carbons (Fsp3) is 0.933. The maximum atomic E-state index is 11.9. The lowest BCUT2D eigenvalue weighted by Gasteiger charge is -2.42. The molecule has 5 heteroatoms. The smallest absolute Gasteiger partial charge is 0.325 e. The highest BCUT2D eigenvalue weighted by molar-refractivity contribution is 5.80. The maximum absolute atomic E-state index is 11.9. The molecule has 0 saturated carbocycles. The molecule has 0 radical (unpaired) electrons. The Morgan fingerprint density at radius 1 is 1.50 bits per heavy atom. The second-order valence-corrected chi connectivity index (χ2v) is 6.31. The van der Waals surface area contributed by atoms with Gasteiger partial charge in [-0.25, -0.2) is 0 Å². The second-order valence-electron chi connectivity index (χ2n) is 6.31. The molecule has 0 spiro atoms. The number of rotatable bonds is 7. The van der Waals surface area contributed by atoms with E-state index in [1.807, 2.05) is 13.8 Å². The molecule has 1 fully saturated rings. The molecule has 1 rings (SSSR count). The summed E-state index contributed by atoms with van der Waals surface area (Å²) < 4.78 is 10.4. The molecule has 1 saturated heterocycles. The first kappa shape index (κ1) is 17.4. The first-order valence-electron chi connectivity index (χ1n) is 7.52. The molecule has 0 aliphatic carbocycles. The number of nitrogens with zero attached hydrogens (tertiary/aromatic N) is 1. The number of ether oxygens (including phenoxy) is 2. The van der Waals surface area contributed by atoms with Gasteiger partial charge in [-0.15, -0.1) is 0 Å². The van der Waals surface area contributed by atoms with Crippen LogP contribution in [0.4, 0.5) is 0 Å². The Morgan fingerprint density at radius 2 is 2.20 bits per heavy atom. The molecule has 1 aliphatic rings. The summed E-state index contributed by atoms with van der Waals surface area (Å²) >= 11 is 0. The molecule has 0 aromatic rings. The van der Waals surface area contributed by atoms with Gasteiger partial charge in [-0.2, -0.15) is 0 Å². The van der Waals surface area contributed by atoms with Crippen LogP contribution in [-0.4, -0.2) is 61.9 Å². The second kappa shape index (κ2) is 7.38. The van der Waals surface area contributed by atoms with Crippen molar-refractivity contribution in [1.82, 2.24) is 10.2 Å². The van der Waals surface area contributed by atoms with E-state index in [4.69, 9.17) is 9.47 Å². The largest absolute Gasteiger partial charge is 0.468 e. The van der Waals surface area contributed by atoms with Crippen LogP contribution in [0.3, 0.4) is 0 Å². The average molecular weight is 286 g/mol. The van der Waals surface area contributed by atoms with E-state index in [1.54, 1.807) is 0 Å². The highest BCUT2D eigenvalue weighted by atomic mass is 16.5. The molecule has 20 heavy (non-hydrogen) atoms. The zero-order valence-corrected chi connectivity index (χ0v) is 13.6. The van der Waals surface area contributed by atoms with Crippen molar-refractivity contribution in [1.29, 1.82) is 0 Å². The minimum absolute atomic E-state index is 0.0814. The van der Waals surface area contributed by atoms with Crippen LogP contribution in [0.1, 0.15) is 40.5 Å². The molecule has 1 aliphatic heterocycles. The average Bonchev–Trinajstić information content (AvgIpc) is 2.40. The summed E-state index contributed by atoms with van der Waals surface area (Å²) in [5, 5.41) is 3.25. The van der Waals surface area contributed by atoms with E-state index in [9.17, 15) is 4.79 Å². The van der Waals surface area contributed by atoms with Crippen LogP contribution >= 0.6 is 0 Å². The van der Waals surface area contributed by atoms with Gasteiger partial charge in [0.1, 0.15) is 5.54 Å². The summed E-state index contributed by atoms with van der Waals surface area (Å²) in [6.07, 6.45) is 1.74. The predicted octanol–water partition coefficient (Wildman–Crippen LogP) is 1.42. The summed E-state index contributed by atoms with van der Waals surface area (Å²) in [7, 11) is 1.45. The first-order chi connectivity index (χ1) is 9.35. The van der Waals surface area contributed by atoms with Crippen molar-refractivity contribution in [3.8, 4) is 0 Å². The van der Waals surface area contributed by atoms with E-state index in [1.165, 1.54) is 7.11 Å². The standard InChI is InChI=1S/C15H30N2O3/c1-6-16-15(4,13(18)19-5)8-7-9-17-10-11-20-12-14(17,2)3/h16H,6-12H2,1-5H3. The number of carbonyl (C=O) groups excluding carboxylic acids is 1. The monoisotopic (exact) mass is 286 g/mol. The molecular formula is C15H30N2O3. The normalized spacial score (nSPS) is 22.2. The van der Waals surface area contributed by atoms with E-state index in [0.717, 1.165) is 45.7 Å². The van der Waals surface area contributed by atoms with Crippen LogP contribution in [0, 0.1) is 0 Å². The van der Waals surface area contributed by atoms with Gasteiger partial charge < -0.3 is 14.8 Å². The topological polar surface area (TPSA) is 50.8 Å². The van der Waals surface area contributed by atoms with E-state index < -0.39 is 5.54 Å². The Morgan fingerprint density at radius 3 is 2.75 bits per heavy atom. The van der Waals surface area contributed by atoms with Crippen molar-refractivity contribution in [2.24, 2.45) is 0 Å². The molecule has 1 atom stereocenters. The fourth-order valence-corrected chi connectivity index (χ4v) is 2.81. The molecule has 1 N–H and O–H groups in total. The minimum atomic E-state index is -0.583. The van der Waals surface area contributed by atoms with Gasteiger partial charge in [-0.1, -0.05) is 6.92 Å². The number of likely N-dealkylation sites (N-methyl/N-ethyl adjacent to an activating group) is 1. The quantitative estimate of drug-likeness (QED) is 0.717. The summed E-state index contributed by atoms with van der Waals surface area (Å²) in [4.78, 5) is 14.4. The molecule has 5 nitrogen and oxygen atoms in total. The minimum Gasteiger partial charge on any atom is -0.468 e. The SMILES string of the molecule is CCNC(C)(CCCN1CCOCC1(C)C)C(=O)OC. The molecular weight excluding hydrogens is 256 g/mol. The Balaban J connectivity index is 2.50. The number of carbonyl (C=O) groups is 1. The first-order valence-corrected chi connectivity index (χ1v) is 7.52. The van der Waals surface area contributed by atoms with Gasteiger partial charge in [-0.05, 0) is 46.7 Å². The van der Waals surface area contributed by atoms with Crippen molar-refractivity contribution < 1.29 is 14.3 Å². The molecule has 1 heterocycles. The third kappa shape index (κ3) is 4.43. The van der Waals surface area contributed by atoms with Gasteiger partial charge in [0, 0.05) is 12.1 Å². The van der Waals surface area contributed by atoms with Crippen molar-refractivity contribution in [3.63, 3.8) is 0 Å². The molecule has 0 amide bonds. The number of hydrogen-bond donors (Lipinski definition) is 1. The predicted molar refractivity (Wildman–Crippen MR) is 79.8 cm³/mol. The number of hydrogen-bond acceptors (Lipinski definition) is 5. The zero-order valence-electron chi connectivity index (χ0n) is 13.6. The number of nitrogens with one attached hydrogen (secondary N) is 1. The number of esters is 1. The number of methoxy groups -OCH3 is 1. The highest BCUT2D eigenvalue weighted by Gasteiger charge is 2.34. The van der Waals surface area contributed by atoms with Crippen LogP contribution in [0.5, 0.6) is 0 Å². The maximum Gasteiger partial charge on any atom is 0.325 e. The van der Waals surface area contributed by atoms with Crippen LogP contribution < -0.4 is 5.32 Å². The number of morpholine rings is 1.